The lowest BCUT2D eigenvalue weighted by atomic mass is 9.85. The van der Waals surface area contributed by atoms with Crippen molar-refractivity contribution in [2.45, 2.75) is 32.2 Å². The molecular weight excluding hydrogens is 376 g/mol. The number of carbonyl (C=O) groups is 2. The average molecular weight is 401 g/mol. The Labute approximate surface area is 165 Å². The van der Waals surface area contributed by atoms with Crippen molar-refractivity contribution < 1.29 is 18.0 Å². The van der Waals surface area contributed by atoms with Crippen molar-refractivity contribution in [1.29, 1.82) is 0 Å². The smallest absolute Gasteiger partial charge is 0.259 e. The van der Waals surface area contributed by atoms with E-state index in [9.17, 15) is 18.0 Å². The molecule has 1 N–H and O–H groups in total. The van der Waals surface area contributed by atoms with Crippen LogP contribution in [0.2, 0.25) is 0 Å². The predicted octanol–water partition coefficient (Wildman–Crippen LogP) is 2.35. The molecule has 0 aromatic heterocycles. The van der Waals surface area contributed by atoms with Crippen LogP contribution in [0, 0.1) is 0 Å². The molecule has 1 aliphatic heterocycles. The van der Waals surface area contributed by atoms with Crippen molar-refractivity contribution in [3.8, 4) is 11.1 Å². The van der Waals surface area contributed by atoms with Crippen LogP contribution < -0.4 is 4.72 Å². The third-order valence-corrected chi connectivity index (χ3v) is 6.51. The first-order valence-electron chi connectivity index (χ1n) is 9.25. The minimum atomic E-state index is -3.65. The molecule has 0 bridgehead atoms. The van der Waals surface area contributed by atoms with E-state index < -0.39 is 21.5 Å². The van der Waals surface area contributed by atoms with Gasteiger partial charge in [-0.1, -0.05) is 54.6 Å². The molecule has 7 heteroatoms. The monoisotopic (exact) mass is 400 g/mol. The van der Waals surface area contributed by atoms with Gasteiger partial charge in [-0.25, -0.2) is 8.42 Å². The standard InChI is InChI=1S/C21H24N2O4S/c1-3-28(26,27)22-20(25)21(2)13-14-23(21)19(24)15-16-9-11-18(12-10-16)17-7-5-4-6-8-17/h4-12H,3,13-15H2,1-2H3,(H,22,25). The van der Waals surface area contributed by atoms with Gasteiger partial charge in [-0.15, -0.1) is 0 Å². The summed E-state index contributed by atoms with van der Waals surface area (Å²) in [5.41, 5.74) is 1.89. The maximum atomic E-state index is 12.7. The zero-order valence-electron chi connectivity index (χ0n) is 16.0. The van der Waals surface area contributed by atoms with Crippen molar-refractivity contribution in [1.82, 2.24) is 9.62 Å². The summed E-state index contributed by atoms with van der Waals surface area (Å²) in [6, 6.07) is 17.7. The fourth-order valence-electron chi connectivity index (χ4n) is 3.23. The Kier molecular flexibility index (Phi) is 5.56. The van der Waals surface area contributed by atoms with Gasteiger partial charge in [0.15, 0.2) is 0 Å². The van der Waals surface area contributed by atoms with Crippen molar-refractivity contribution in [2.75, 3.05) is 12.3 Å². The molecule has 1 unspecified atom stereocenters. The molecule has 1 heterocycles. The number of benzene rings is 2. The van der Waals surface area contributed by atoms with Crippen LogP contribution in [0.1, 0.15) is 25.8 Å². The van der Waals surface area contributed by atoms with E-state index in [-0.39, 0.29) is 18.1 Å². The Morgan fingerprint density at radius 3 is 2.18 bits per heavy atom. The Morgan fingerprint density at radius 1 is 1.04 bits per heavy atom. The Hall–Kier alpha value is -2.67. The van der Waals surface area contributed by atoms with Gasteiger partial charge in [0, 0.05) is 6.54 Å². The minimum absolute atomic E-state index is 0.165. The van der Waals surface area contributed by atoms with Gasteiger partial charge in [0.2, 0.25) is 15.9 Å². The SMILES string of the molecule is CCS(=O)(=O)NC(=O)C1(C)CCN1C(=O)Cc1ccc(-c2ccccc2)cc1. The van der Waals surface area contributed by atoms with Crippen LogP contribution in [-0.2, 0) is 26.0 Å². The number of rotatable bonds is 6. The van der Waals surface area contributed by atoms with E-state index in [0.29, 0.717) is 13.0 Å². The van der Waals surface area contributed by atoms with Crippen molar-refractivity contribution >= 4 is 21.8 Å². The fraction of sp³-hybridized carbons (Fsp3) is 0.333. The summed E-state index contributed by atoms with van der Waals surface area (Å²) >= 11 is 0. The molecule has 2 amide bonds. The molecule has 148 valence electrons. The van der Waals surface area contributed by atoms with Crippen molar-refractivity contribution in [2.24, 2.45) is 0 Å². The number of sulfonamides is 1. The average Bonchev–Trinajstić information content (AvgIpc) is 2.67. The molecular formula is C21H24N2O4S. The summed E-state index contributed by atoms with van der Waals surface area (Å²) in [6.07, 6.45) is 0.606. The van der Waals surface area contributed by atoms with Crippen LogP contribution >= 0.6 is 0 Å². The van der Waals surface area contributed by atoms with Gasteiger partial charge >= 0.3 is 0 Å². The molecule has 1 aliphatic rings. The predicted molar refractivity (Wildman–Crippen MR) is 108 cm³/mol. The maximum Gasteiger partial charge on any atom is 0.259 e. The first kappa shape index (κ1) is 20.1. The lowest BCUT2D eigenvalue weighted by Gasteiger charge is -2.49. The molecule has 2 aromatic carbocycles. The molecule has 1 saturated heterocycles. The largest absolute Gasteiger partial charge is 0.328 e. The summed E-state index contributed by atoms with van der Waals surface area (Å²) in [6.45, 7) is 3.51. The summed E-state index contributed by atoms with van der Waals surface area (Å²) < 4.78 is 25.4. The summed E-state index contributed by atoms with van der Waals surface area (Å²) in [5, 5.41) is 0. The third-order valence-electron chi connectivity index (χ3n) is 5.25. The van der Waals surface area contributed by atoms with Gasteiger partial charge in [0.05, 0.1) is 12.2 Å². The van der Waals surface area contributed by atoms with E-state index in [1.54, 1.807) is 6.92 Å². The number of amides is 2. The van der Waals surface area contributed by atoms with Crippen LogP contribution in [0.3, 0.4) is 0 Å². The number of hydrogen-bond donors (Lipinski definition) is 1. The van der Waals surface area contributed by atoms with Gasteiger partial charge < -0.3 is 4.90 Å². The van der Waals surface area contributed by atoms with Crippen LogP contribution in [-0.4, -0.2) is 43.0 Å². The van der Waals surface area contributed by atoms with Crippen molar-refractivity contribution in [3.63, 3.8) is 0 Å². The van der Waals surface area contributed by atoms with E-state index in [1.165, 1.54) is 11.8 Å². The molecule has 3 rings (SSSR count). The molecule has 2 aromatic rings. The second-order valence-corrected chi connectivity index (χ2v) is 9.15. The first-order chi connectivity index (χ1) is 13.2. The molecule has 1 atom stereocenters. The highest BCUT2D eigenvalue weighted by molar-refractivity contribution is 7.90. The van der Waals surface area contributed by atoms with E-state index in [2.05, 4.69) is 4.72 Å². The number of hydrogen-bond acceptors (Lipinski definition) is 4. The minimum Gasteiger partial charge on any atom is -0.328 e. The Bertz CT molecular complexity index is 971. The topological polar surface area (TPSA) is 83.6 Å². The first-order valence-corrected chi connectivity index (χ1v) is 10.9. The molecule has 0 saturated carbocycles. The van der Waals surface area contributed by atoms with E-state index in [0.717, 1.165) is 16.7 Å². The van der Waals surface area contributed by atoms with E-state index in [1.807, 2.05) is 54.6 Å². The van der Waals surface area contributed by atoms with Crippen LogP contribution in [0.5, 0.6) is 0 Å². The molecule has 6 nitrogen and oxygen atoms in total. The summed E-state index contributed by atoms with van der Waals surface area (Å²) in [5.74, 6) is -1.02. The highest BCUT2D eigenvalue weighted by atomic mass is 32.2. The maximum absolute atomic E-state index is 12.7. The zero-order valence-corrected chi connectivity index (χ0v) is 16.8. The zero-order chi connectivity index (χ0) is 20.4. The quantitative estimate of drug-likeness (QED) is 0.807. The molecule has 1 fully saturated rings. The molecule has 0 aliphatic carbocycles. The van der Waals surface area contributed by atoms with Gasteiger partial charge in [0.1, 0.15) is 5.54 Å². The van der Waals surface area contributed by atoms with Crippen LogP contribution in [0.25, 0.3) is 11.1 Å². The highest BCUT2D eigenvalue weighted by Gasteiger charge is 2.50. The van der Waals surface area contributed by atoms with Gasteiger partial charge in [-0.05, 0) is 37.0 Å². The van der Waals surface area contributed by atoms with Crippen LogP contribution in [0.15, 0.2) is 54.6 Å². The fourth-order valence-corrected chi connectivity index (χ4v) is 3.88. The number of nitrogens with zero attached hydrogens (tertiary/aromatic N) is 1. The molecule has 0 radical (unpaired) electrons. The van der Waals surface area contributed by atoms with E-state index >= 15 is 0 Å². The number of carbonyl (C=O) groups excluding carboxylic acids is 2. The van der Waals surface area contributed by atoms with Gasteiger partial charge in [-0.2, -0.15) is 0 Å². The number of nitrogens with one attached hydrogen (secondary N) is 1. The molecule has 0 spiro atoms. The highest BCUT2D eigenvalue weighted by Crippen LogP contribution is 2.31. The normalized spacial score (nSPS) is 19.0. The lowest BCUT2D eigenvalue weighted by molar-refractivity contribution is -0.156. The van der Waals surface area contributed by atoms with Gasteiger partial charge in [-0.3, -0.25) is 14.3 Å². The van der Waals surface area contributed by atoms with Crippen LogP contribution in [0.4, 0.5) is 0 Å². The van der Waals surface area contributed by atoms with Gasteiger partial charge in [0.25, 0.3) is 5.91 Å². The Balaban J connectivity index is 1.67. The van der Waals surface area contributed by atoms with Crippen molar-refractivity contribution in [3.05, 3.63) is 60.2 Å². The second kappa shape index (κ2) is 7.75. The summed E-state index contributed by atoms with van der Waals surface area (Å²) in [4.78, 5) is 26.6. The summed E-state index contributed by atoms with van der Waals surface area (Å²) in [7, 11) is -3.65. The molecule has 28 heavy (non-hydrogen) atoms. The third kappa shape index (κ3) is 4.09. The lowest BCUT2D eigenvalue weighted by Crippen LogP contribution is -2.68. The van der Waals surface area contributed by atoms with E-state index in [4.69, 9.17) is 0 Å². The Morgan fingerprint density at radius 2 is 1.64 bits per heavy atom. The second-order valence-electron chi connectivity index (χ2n) is 7.14. The number of likely N-dealkylation sites (tertiary alicyclic amines) is 1.